The van der Waals surface area contributed by atoms with Crippen molar-refractivity contribution in [2.45, 2.75) is 76.4 Å². The monoisotopic (exact) mass is 448 g/mol. The summed E-state index contributed by atoms with van der Waals surface area (Å²) in [6.07, 6.45) is 8.65. The number of hydrogen-bond donors (Lipinski definition) is 1. The quantitative estimate of drug-likeness (QED) is 0.457. The lowest BCUT2D eigenvalue weighted by Gasteiger charge is -2.25. The third-order valence-corrected chi connectivity index (χ3v) is 6.98. The van der Waals surface area contributed by atoms with Crippen molar-refractivity contribution in [1.29, 1.82) is 0 Å². The van der Waals surface area contributed by atoms with E-state index in [-0.39, 0.29) is 6.10 Å². The Hall–Kier alpha value is -2.79. The van der Waals surface area contributed by atoms with Crippen molar-refractivity contribution >= 4 is 10.8 Å². The zero-order chi connectivity index (χ0) is 22.8. The largest absolute Gasteiger partial charge is 0.490 e. The summed E-state index contributed by atoms with van der Waals surface area (Å²) in [6.45, 7) is 2.67. The maximum atomic E-state index is 12.8. The fourth-order valence-corrected chi connectivity index (χ4v) is 5.27. The summed E-state index contributed by atoms with van der Waals surface area (Å²) in [5, 5.41) is 12.8. The number of benzene rings is 2. The smallest absolute Gasteiger partial charge is 0.343 e. The number of fused-ring (bicyclic) bond motifs is 1. The lowest BCUT2D eigenvalue weighted by Crippen LogP contribution is -2.24. The van der Waals surface area contributed by atoms with Crippen molar-refractivity contribution in [3.63, 3.8) is 0 Å². The average molecular weight is 449 g/mol. The molecular formula is C28H32O5. The summed E-state index contributed by atoms with van der Waals surface area (Å²) in [7, 11) is 0. The SMILES string of the molecule is CCCOc1cc(-c2c(C3(O)CCCC3)oc(=O)c3ccccc23)ccc1OC1CCCC1. The zero-order valence-electron chi connectivity index (χ0n) is 19.3. The van der Waals surface area contributed by atoms with Gasteiger partial charge in [-0.3, -0.25) is 0 Å². The van der Waals surface area contributed by atoms with E-state index >= 15 is 0 Å². The molecule has 2 aliphatic rings. The summed E-state index contributed by atoms with van der Waals surface area (Å²) in [6, 6.07) is 13.4. The lowest BCUT2D eigenvalue weighted by atomic mass is 9.88. The van der Waals surface area contributed by atoms with Crippen LogP contribution in [-0.4, -0.2) is 17.8 Å². The molecule has 0 spiro atoms. The first-order chi connectivity index (χ1) is 16.1. The molecule has 1 aromatic heterocycles. The van der Waals surface area contributed by atoms with Gasteiger partial charge in [-0.1, -0.05) is 31.2 Å². The second-order valence-electron chi connectivity index (χ2n) is 9.41. The molecule has 1 heterocycles. The van der Waals surface area contributed by atoms with Crippen LogP contribution in [0.1, 0.15) is 70.5 Å². The Kier molecular flexibility index (Phi) is 6.15. The first-order valence-corrected chi connectivity index (χ1v) is 12.3. The molecule has 0 atom stereocenters. The number of hydrogen-bond acceptors (Lipinski definition) is 5. The van der Waals surface area contributed by atoms with E-state index in [1.165, 1.54) is 12.8 Å². The van der Waals surface area contributed by atoms with Gasteiger partial charge in [-0.15, -0.1) is 0 Å². The molecule has 2 saturated carbocycles. The molecule has 5 nitrogen and oxygen atoms in total. The van der Waals surface area contributed by atoms with E-state index in [4.69, 9.17) is 13.9 Å². The van der Waals surface area contributed by atoms with Crippen molar-refractivity contribution in [3.05, 3.63) is 58.6 Å². The molecule has 0 aliphatic heterocycles. The van der Waals surface area contributed by atoms with Crippen LogP contribution in [-0.2, 0) is 5.60 Å². The number of rotatable bonds is 7. The van der Waals surface area contributed by atoms with Gasteiger partial charge in [-0.25, -0.2) is 4.79 Å². The Bertz CT molecular complexity index is 1180. The third-order valence-electron chi connectivity index (χ3n) is 6.98. The molecule has 3 aromatic rings. The first kappa shape index (κ1) is 22.0. The van der Waals surface area contributed by atoms with Crippen LogP contribution in [0, 0.1) is 0 Å². The van der Waals surface area contributed by atoms with E-state index in [2.05, 4.69) is 6.92 Å². The fourth-order valence-electron chi connectivity index (χ4n) is 5.27. The molecular weight excluding hydrogens is 416 g/mol. The topological polar surface area (TPSA) is 68.9 Å². The minimum atomic E-state index is -1.14. The van der Waals surface area contributed by atoms with E-state index < -0.39 is 11.2 Å². The molecule has 5 heteroatoms. The highest BCUT2D eigenvalue weighted by molar-refractivity contribution is 5.97. The minimum absolute atomic E-state index is 0.227. The van der Waals surface area contributed by atoms with Gasteiger partial charge in [0.15, 0.2) is 11.5 Å². The van der Waals surface area contributed by atoms with Crippen LogP contribution in [0.15, 0.2) is 51.7 Å². The maximum Gasteiger partial charge on any atom is 0.343 e. The van der Waals surface area contributed by atoms with E-state index in [1.54, 1.807) is 6.07 Å². The summed E-state index contributed by atoms with van der Waals surface area (Å²) < 4.78 is 18.3. The molecule has 33 heavy (non-hydrogen) atoms. The van der Waals surface area contributed by atoms with Gasteiger partial charge in [-0.2, -0.15) is 0 Å². The Balaban J connectivity index is 1.67. The van der Waals surface area contributed by atoms with E-state index in [0.717, 1.165) is 54.4 Å². The molecule has 0 saturated heterocycles. The Labute approximate surface area is 194 Å². The highest BCUT2D eigenvalue weighted by atomic mass is 16.5. The van der Waals surface area contributed by atoms with E-state index in [1.807, 2.05) is 36.4 Å². The molecule has 174 valence electrons. The average Bonchev–Trinajstić information content (AvgIpc) is 3.51. The van der Waals surface area contributed by atoms with Crippen LogP contribution in [0.5, 0.6) is 11.5 Å². The maximum absolute atomic E-state index is 12.8. The summed E-state index contributed by atoms with van der Waals surface area (Å²) in [5.74, 6) is 1.82. The number of ether oxygens (including phenoxy) is 2. The minimum Gasteiger partial charge on any atom is -0.490 e. The van der Waals surface area contributed by atoms with Crippen molar-refractivity contribution in [1.82, 2.24) is 0 Å². The summed E-state index contributed by atoms with van der Waals surface area (Å²) in [5.41, 5.74) is 0.0777. The molecule has 0 amide bonds. The van der Waals surface area contributed by atoms with Crippen LogP contribution in [0.3, 0.4) is 0 Å². The molecule has 0 unspecified atom stereocenters. The Morgan fingerprint density at radius 1 is 1.00 bits per heavy atom. The van der Waals surface area contributed by atoms with Crippen molar-refractivity contribution in [2.75, 3.05) is 6.61 Å². The highest BCUT2D eigenvalue weighted by Gasteiger charge is 2.39. The molecule has 5 rings (SSSR count). The first-order valence-electron chi connectivity index (χ1n) is 12.3. The predicted octanol–water partition coefficient (Wildman–Crippen LogP) is 6.33. The normalized spacial score (nSPS) is 18.1. The molecule has 2 fully saturated rings. The number of aliphatic hydroxyl groups is 1. The third kappa shape index (κ3) is 4.26. The van der Waals surface area contributed by atoms with Gasteiger partial charge >= 0.3 is 5.63 Å². The second-order valence-corrected chi connectivity index (χ2v) is 9.41. The van der Waals surface area contributed by atoms with E-state index in [0.29, 0.717) is 36.3 Å². The van der Waals surface area contributed by atoms with Crippen LogP contribution in [0.4, 0.5) is 0 Å². The van der Waals surface area contributed by atoms with Gasteiger partial charge < -0.3 is 19.0 Å². The zero-order valence-corrected chi connectivity index (χ0v) is 19.3. The van der Waals surface area contributed by atoms with E-state index in [9.17, 15) is 9.90 Å². The van der Waals surface area contributed by atoms with Gasteiger partial charge in [0.25, 0.3) is 0 Å². The molecule has 2 aromatic carbocycles. The molecule has 0 bridgehead atoms. The van der Waals surface area contributed by atoms with Gasteiger partial charge in [0, 0.05) is 10.9 Å². The van der Waals surface area contributed by atoms with Gasteiger partial charge in [-0.05, 0) is 81.5 Å². The summed E-state index contributed by atoms with van der Waals surface area (Å²) in [4.78, 5) is 12.8. The Morgan fingerprint density at radius 3 is 2.45 bits per heavy atom. The van der Waals surface area contributed by atoms with Gasteiger partial charge in [0.1, 0.15) is 11.4 Å². The molecule has 2 aliphatic carbocycles. The highest BCUT2D eigenvalue weighted by Crippen LogP contribution is 2.46. The van der Waals surface area contributed by atoms with Gasteiger partial charge in [0.2, 0.25) is 0 Å². The Morgan fingerprint density at radius 2 is 1.73 bits per heavy atom. The molecule has 0 radical (unpaired) electrons. The van der Waals surface area contributed by atoms with Crippen molar-refractivity contribution in [3.8, 4) is 22.6 Å². The van der Waals surface area contributed by atoms with Crippen LogP contribution < -0.4 is 15.1 Å². The lowest BCUT2D eigenvalue weighted by molar-refractivity contribution is 0.0202. The second kappa shape index (κ2) is 9.22. The van der Waals surface area contributed by atoms with Crippen LogP contribution in [0.2, 0.25) is 0 Å². The molecule has 1 N–H and O–H groups in total. The summed E-state index contributed by atoms with van der Waals surface area (Å²) >= 11 is 0. The predicted molar refractivity (Wildman–Crippen MR) is 129 cm³/mol. The van der Waals surface area contributed by atoms with Gasteiger partial charge in [0.05, 0.1) is 18.1 Å². The van der Waals surface area contributed by atoms with Crippen LogP contribution in [0.25, 0.3) is 21.9 Å². The van der Waals surface area contributed by atoms with Crippen molar-refractivity contribution < 1.29 is 19.0 Å². The standard InChI is InChI=1S/C28H32O5/c1-2-17-31-24-18-19(13-14-23(24)32-20-9-3-4-10-20)25-21-11-5-6-12-22(21)27(29)33-26(25)28(30)15-7-8-16-28/h5-6,11-14,18,20,30H,2-4,7-10,15-17H2,1H3. The fraction of sp³-hybridized carbons (Fsp3) is 0.464. The van der Waals surface area contributed by atoms with Crippen molar-refractivity contribution in [2.24, 2.45) is 0 Å². The van der Waals surface area contributed by atoms with Crippen LogP contribution >= 0.6 is 0 Å².